The number of nitrogens with two attached hydrogens (primary N) is 1. The van der Waals surface area contributed by atoms with Gasteiger partial charge in [0.25, 0.3) is 5.89 Å². The van der Waals surface area contributed by atoms with Crippen molar-refractivity contribution in [1.29, 1.82) is 0 Å². The minimum Gasteiger partial charge on any atom is -0.333 e. The highest BCUT2D eigenvalue weighted by Gasteiger charge is 2.27. The first-order valence-electron chi connectivity index (χ1n) is 6.02. The number of rotatable bonds is 2. The molecule has 0 aliphatic carbocycles. The van der Waals surface area contributed by atoms with Crippen LogP contribution in [-0.4, -0.2) is 10.1 Å². The second-order valence-corrected chi connectivity index (χ2v) is 7.59. The Hall–Kier alpha value is -1.24. The van der Waals surface area contributed by atoms with Crippen molar-refractivity contribution in [3.63, 3.8) is 0 Å². The van der Waals surface area contributed by atoms with E-state index in [-0.39, 0.29) is 11.5 Å². The molecule has 1 atom stereocenters. The van der Waals surface area contributed by atoms with E-state index in [1.165, 1.54) is 9.40 Å². The third kappa shape index (κ3) is 2.31. The Morgan fingerprint density at radius 1 is 1.32 bits per heavy atom. The number of thiophene rings is 2. The fraction of sp³-hybridized carbons (Fsp3) is 0.385. The standard InChI is InChI=1S/C13H15N3OS2/c1-13(2,3)10(14)11-15-12(17-16-11)9-6-8-7(19-9)4-5-18-8/h4-6,10H,14H2,1-3H3. The van der Waals surface area contributed by atoms with Gasteiger partial charge in [-0.2, -0.15) is 4.98 Å². The molecular weight excluding hydrogens is 278 g/mol. The van der Waals surface area contributed by atoms with E-state index in [9.17, 15) is 0 Å². The molecule has 6 heteroatoms. The van der Waals surface area contributed by atoms with Crippen LogP contribution in [0.1, 0.15) is 32.6 Å². The van der Waals surface area contributed by atoms with E-state index in [0.29, 0.717) is 11.7 Å². The normalized spacial score (nSPS) is 14.1. The molecule has 0 radical (unpaired) electrons. The first-order chi connectivity index (χ1) is 8.95. The van der Waals surface area contributed by atoms with Gasteiger partial charge in [-0.3, -0.25) is 0 Å². The average molecular weight is 293 g/mol. The Kier molecular flexibility index (Phi) is 2.96. The largest absolute Gasteiger partial charge is 0.333 e. The zero-order chi connectivity index (χ0) is 13.6. The van der Waals surface area contributed by atoms with E-state index >= 15 is 0 Å². The molecule has 0 aliphatic rings. The quantitative estimate of drug-likeness (QED) is 0.774. The highest BCUT2D eigenvalue weighted by molar-refractivity contribution is 7.28. The maximum absolute atomic E-state index is 6.14. The maximum atomic E-state index is 6.14. The van der Waals surface area contributed by atoms with Gasteiger partial charge in [0.05, 0.1) is 10.9 Å². The van der Waals surface area contributed by atoms with Gasteiger partial charge in [0.2, 0.25) is 0 Å². The van der Waals surface area contributed by atoms with Crippen molar-refractivity contribution < 1.29 is 4.52 Å². The number of aromatic nitrogens is 2. The van der Waals surface area contributed by atoms with Gasteiger partial charge in [-0.25, -0.2) is 0 Å². The summed E-state index contributed by atoms with van der Waals surface area (Å²) in [5.41, 5.74) is 6.05. The Balaban J connectivity index is 1.95. The summed E-state index contributed by atoms with van der Waals surface area (Å²) in [7, 11) is 0. The second kappa shape index (κ2) is 4.40. The molecule has 0 saturated heterocycles. The summed E-state index contributed by atoms with van der Waals surface area (Å²) in [5.74, 6) is 1.13. The summed E-state index contributed by atoms with van der Waals surface area (Å²) in [6.07, 6.45) is 0. The summed E-state index contributed by atoms with van der Waals surface area (Å²) in [4.78, 5) is 5.44. The molecule has 0 amide bonds. The maximum Gasteiger partial charge on any atom is 0.268 e. The molecule has 3 rings (SSSR count). The highest BCUT2D eigenvalue weighted by Crippen LogP contribution is 2.36. The van der Waals surface area contributed by atoms with Crippen LogP contribution in [0.4, 0.5) is 0 Å². The molecular formula is C13H15N3OS2. The van der Waals surface area contributed by atoms with Crippen LogP contribution in [0.5, 0.6) is 0 Å². The Labute approximate surface area is 119 Å². The number of fused-ring (bicyclic) bond motifs is 1. The summed E-state index contributed by atoms with van der Waals surface area (Å²) in [5, 5.41) is 6.10. The van der Waals surface area contributed by atoms with Crippen LogP contribution in [0.25, 0.3) is 20.2 Å². The molecule has 4 nitrogen and oxygen atoms in total. The fourth-order valence-electron chi connectivity index (χ4n) is 1.72. The van der Waals surface area contributed by atoms with Crippen molar-refractivity contribution in [2.45, 2.75) is 26.8 Å². The fourth-order valence-corrected chi connectivity index (χ4v) is 3.75. The van der Waals surface area contributed by atoms with Crippen LogP contribution in [0.2, 0.25) is 0 Å². The first kappa shape index (κ1) is 12.8. The van der Waals surface area contributed by atoms with Crippen LogP contribution in [0, 0.1) is 5.41 Å². The summed E-state index contributed by atoms with van der Waals surface area (Å²) in [6, 6.07) is 3.96. The third-order valence-corrected chi connectivity index (χ3v) is 5.08. The molecule has 3 aromatic heterocycles. The van der Waals surface area contributed by atoms with Gasteiger partial charge in [0.1, 0.15) is 0 Å². The molecule has 0 saturated carbocycles. The van der Waals surface area contributed by atoms with Gasteiger partial charge in [-0.1, -0.05) is 25.9 Å². The molecule has 0 aliphatic heterocycles. The molecule has 100 valence electrons. The lowest BCUT2D eigenvalue weighted by molar-refractivity contribution is 0.303. The average Bonchev–Trinajstić information content (AvgIpc) is 3.00. The topological polar surface area (TPSA) is 64.9 Å². The van der Waals surface area contributed by atoms with E-state index in [2.05, 4.69) is 48.4 Å². The van der Waals surface area contributed by atoms with Crippen molar-refractivity contribution in [1.82, 2.24) is 10.1 Å². The monoisotopic (exact) mass is 293 g/mol. The summed E-state index contributed by atoms with van der Waals surface area (Å²) >= 11 is 3.38. The zero-order valence-electron chi connectivity index (χ0n) is 11.0. The van der Waals surface area contributed by atoms with Crippen LogP contribution < -0.4 is 5.73 Å². The Bertz CT molecular complexity index is 676. The van der Waals surface area contributed by atoms with Crippen molar-refractivity contribution in [3.8, 4) is 10.8 Å². The van der Waals surface area contributed by atoms with E-state index in [1.807, 2.05) is 0 Å². The molecule has 1 unspecified atom stereocenters. The van der Waals surface area contributed by atoms with Gasteiger partial charge >= 0.3 is 0 Å². The molecule has 0 fully saturated rings. The van der Waals surface area contributed by atoms with E-state index in [1.54, 1.807) is 22.7 Å². The zero-order valence-corrected chi connectivity index (χ0v) is 12.6. The SMILES string of the molecule is CC(C)(C)C(N)c1noc(-c2cc3sccc3s2)n1. The minimum absolute atomic E-state index is 0.0864. The number of hydrogen-bond acceptors (Lipinski definition) is 6. The third-order valence-electron chi connectivity index (χ3n) is 3.00. The smallest absolute Gasteiger partial charge is 0.268 e. The van der Waals surface area contributed by atoms with Gasteiger partial charge in [0.15, 0.2) is 5.82 Å². The molecule has 0 aromatic carbocycles. The van der Waals surface area contributed by atoms with Crippen LogP contribution in [0.15, 0.2) is 22.0 Å². The Morgan fingerprint density at radius 2 is 2.11 bits per heavy atom. The lowest BCUT2D eigenvalue weighted by Gasteiger charge is -2.23. The number of hydrogen-bond donors (Lipinski definition) is 1. The number of nitrogens with zero attached hydrogens (tertiary/aromatic N) is 2. The second-order valence-electron chi connectivity index (χ2n) is 5.56. The lowest BCUT2D eigenvalue weighted by Crippen LogP contribution is -2.27. The summed E-state index contributed by atoms with van der Waals surface area (Å²) in [6.45, 7) is 6.19. The van der Waals surface area contributed by atoms with E-state index in [0.717, 1.165) is 4.88 Å². The van der Waals surface area contributed by atoms with E-state index < -0.39 is 0 Å². The molecule has 2 N–H and O–H groups in total. The van der Waals surface area contributed by atoms with Crippen molar-refractivity contribution in [2.24, 2.45) is 11.1 Å². The molecule has 3 heterocycles. The van der Waals surface area contributed by atoms with Crippen molar-refractivity contribution in [3.05, 3.63) is 23.3 Å². The Morgan fingerprint density at radius 3 is 2.79 bits per heavy atom. The molecule has 3 aromatic rings. The van der Waals surface area contributed by atoms with Crippen molar-refractivity contribution in [2.75, 3.05) is 0 Å². The highest BCUT2D eigenvalue weighted by atomic mass is 32.1. The molecule has 0 bridgehead atoms. The summed E-state index contributed by atoms with van der Waals surface area (Å²) < 4.78 is 7.84. The van der Waals surface area contributed by atoms with Crippen molar-refractivity contribution >= 4 is 32.1 Å². The predicted octanol–water partition coefficient (Wildman–Crippen LogP) is 4.06. The van der Waals surface area contributed by atoms with Gasteiger partial charge in [-0.15, -0.1) is 22.7 Å². The van der Waals surface area contributed by atoms with Crippen LogP contribution >= 0.6 is 22.7 Å². The van der Waals surface area contributed by atoms with Crippen LogP contribution in [-0.2, 0) is 0 Å². The molecule has 19 heavy (non-hydrogen) atoms. The van der Waals surface area contributed by atoms with Crippen LogP contribution in [0.3, 0.4) is 0 Å². The van der Waals surface area contributed by atoms with Gasteiger partial charge in [-0.05, 0) is 22.9 Å². The van der Waals surface area contributed by atoms with Gasteiger partial charge < -0.3 is 10.3 Å². The van der Waals surface area contributed by atoms with E-state index in [4.69, 9.17) is 10.3 Å². The first-order valence-corrected chi connectivity index (χ1v) is 7.71. The van der Waals surface area contributed by atoms with Gasteiger partial charge in [0, 0.05) is 9.40 Å². The minimum atomic E-state index is -0.230. The predicted molar refractivity (Wildman–Crippen MR) is 79.4 cm³/mol. The lowest BCUT2D eigenvalue weighted by atomic mass is 9.87. The molecule has 0 spiro atoms.